The fourth-order valence-corrected chi connectivity index (χ4v) is 12.0. The molecule has 0 radical (unpaired) electrons. The van der Waals surface area contributed by atoms with Crippen molar-refractivity contribution < 1.29 is 51.5 Å². The summed E-state index contributed by atoms with van der Waals surface area (Å²) in [5, 5.41) is 13.8. The SMILES string of the molecule is CC(=O)N1CCC[C@H]1C(=O)N[C@@H](CC(C)C)C(=O)NCC(=O)N[C@@H](CCc1ccccc1)C(=O)N[C@@H](CCCCN=C(N)NS(=O)(=O)c1c(C)c(C)c2c(c1C)CCC(C)(C)O2)C(=O)Nc1ccc(C[C@@H](N)C(=O)NNC(=O)CCCCCN)cc1. The van der Waals surface area contributed by atoms with Crippen LogP contribution in [0, 0.1) is 26.7 Å². The molecule has 472 valence electrons. The van der Waals surface area contributed by atoms with Crippen molar-refractivity contribution >= 4 is 68.9 Å². The second-order valence-electron chi connectivity index (χ2n) is 23.4. The highest BCUT2D eigenvalue weighted by atomic mass is 32.2. The number of sulfonamides is 1. The lowest BCUT2D eigenvalue weighted by molar-refractivity contribution is -0.138. The quantitative estimate of drug-likeness (QED) is 0.0198. The number of hydrogen-bond donors (Lipinski definition) is 11. The van der Waals surface area contributed by atoms with E-state index in [1.807, 2.05) is 65.0 Å². The van der Waals surface area contributed by atoms with E-state index in [9.17, 15) is 46.8 Å². The van der Waals surface area contributed by atoms with Gasteiger partial charge in [-0.3, -0.25) is 54.2 Å². The molecule has 2 aliphatic heterocycles. The molecule has 0 aromatic heterocycles. The van der Waals surface area contributed by atoms with Crippen LogP contribution < -0.4 is 64.1 Å². The van der Waals surface area contributed by atoms with Crippen molar-refractivity contribution in [1.29, 1.82) is 0 Å². The maximum Gasteiger partial charge on any atom is 0.264 e. The zero-order valence-corrected chi connectivity index (χ0v) is 51.9. The molecule has 25 heteroatoms. The Morgan fingerprint density at radius 1 is 0.767 bits per heavy atom. The number of unbranched alkanes of at least 4 members (excludes halogenated alkanes) is 3. The predicted octanol–water partition coefficient (Wildman–Crippen LogP) is 2.91. The van der Waals surface area contributed by atoms with Crippen LogP contribution in [0.25, 0.3) is 0 Å². The molecule has 0 unspecified atom stereocenters. The number of hydrazine groups is 1. The molecule has 5 rings (SSSR count). The molecule has 0 aliphatic carbocycles. The van der Waals surface area contributed by atoms with Gasteiger partial charge in [-0.15, -0.1) is 0 Å². The average molecular weight is 1210 g/mol. The molecular formula is C61H91N13O11S. The Bertz CT molecular complexity index is 3010. The monoisotopic (exact) mass is 1210 g/mol. The number of rotatable bonds is 30. The first-order valence-electron chi connectivity index (χ1n) is 29.8. The van der Waals surface area contributed by atoms with Gasteiger partial charge < -0.3 is 53.4 Å². The first kappa shape index (κ1) is 69.1. The molecule has 2 aliphatic rings. The van der Waals surface area contributed by atoms with Gasteiger partial charge in [0.15, 0.2) is 0 Å². The van der Waals surface area contributed by atoms with E-state index >= 15 is 0 Å². The summed E-state index contributed by atoms with van der Waals surface area (Å²) >= 11 is 0. The van der Waals surface area contributed by atoms with E-state index in [4.69, 9.17) is 21.9 Å². The molecule has 24 nitrogen and oxygen atoms in total. The smallest absolute Gasteiger partial charge is 0.264 e. The van der Waals surface area contributed by atoms with Crippen molar-refractivity contribution in [3.05, 3.63) is 88.0 Å². The Hall–Kier alpha value is -7.64. The Kier molecular flexibility index (Phi) is 26.3. The number of carbonyl (C=O) groups excluding carboxylic acids is 8. The van der Waals surface area contributed by atoms with Gasteiger partial charge in [-0.05, 0) is 176 Å². The predicted molar refractivity (Wildman–Crippen MR) is 328 cm³/mol. The van der Waals surface area contributed by atoms with Gasteiger partial charge in [-0.2, -0.15) is 0 Å². The summed E-state index contributed by atoms with van der Waals surface area (Å²) in [5.41, 5.74) is 26.7. The molecular weight excluding hydrogens is 1120 g/mol. The van der Waals surface area contributed by atoms with Gasteiger partial charge in [0.2, 0.25) is 47.3 Å². The Morgan fingerprint density at radius 3 is 2.14 bits per heavy atom. The van der Waals surface area contributed by atoms with E-state index in [2.05, 4.69) is 47.2 Å². The average Bonchev–Trinajstić information content (AvgIpc) is 1.37. The highest BCUT2D eigenvalue weighted by Gasteiger charge is 2.36. The molecule has 1 fully saturated rings. The number of anilines is 1. The maximum atomic E-state index is 14.5. The lowest BCUT2D eigenvalue weighted by Gasteiger charge is -2.35. The molecule has 86 heavy (non-hydrogen) atoms. The standard InChI is InChI=1S/C61H91N13O11S/c1-37(2)34-49(70-59(82)50-21-17-33-74(50)41(6)75)56(79)66-36-52(77)68-48(28-25-42-18-11-9-12-19-42)58(81)69-47(57(80)67-44-26-23-43(24-27-44)35-46(63)55(78)72-71-51(76)22-13-10-15-31-62)20-14-16-32-65-60(64)73-86(83,84)54-39(4)38(3)53-45(40(54)5)29-30-61(7,8)85-53/h9,11-12,18-19,23-24,26-27,37,46-50H,10,13-17,20-22,25,28-36,62-63H2,1-8H3,(H,66,79)(H,67,80)(H,68,77)(H,69,81)(H,70,82)(H,71,76)(H,72,78)(H3,64,65,73)/t46-,47+,48+,49+,50+/m1/s1. The molecule has 8 amide bonds. The van der Waals surface area contributed by atoms with Crippen LogP contribution in [0.2, 0.25) is 0 Å². The van der Waals surface area contributed by atoms with Gasteiger partial charge in [-0.1, -0.05) is 62.7 Å². The van der Waals surface area contributed by atoms with Crippen LogP contribution in [0.4, 0.5) is 5.69 Å². The zero-order chi connectivity index (χ0) is 63.3. The lowest BCUT2D eigenvalue weighted by atomic mass is 9.88. The highest BCUT2D eigenvalue weighted by Crippen LogP contribution is 2.42. The van der Waals surface area contributed by atoms with Gasteiger partial charge >= 0.3 is 0 Å². The van der Waals surface area contributed by atoms with Gasteiger partial charge in [-0.25, -0.2) is 13.1 Å². The number of aliphatic imine (C=N–C) groups is 1. The van der Waals surface area contributed by atoms with Crippen molar-refractivity contribution in [2.45, 2.75) is 192 Å². The van der Waals surface area contributed by atoms with Crippen molar-refractivity contribution in [1.82, 2.24) is 41.7 Å². The summed E-state index contributed by atoms with van der Waals surface area (Å²) < 4.78 is 36.5. The fourth-order valence-electron chi connectivity index (χ4n) is 10.5. The van der Waals surface area contributed by atoms with E-state index in [1.165, 1.54) is 11.8 Å². The molecule has 1 saturated heterocycles. The minimum Gasteiger partial charge on any atom is -0.487 e. The number of fused-ring (bicyclic) bond motifs is 1. The first-order chi connectivity index (χ1) is 40.7. The molecule has 2 heterocycles. The van der Waals surface area contributed by atoms with E-state index in [0.717, 1.165) is 29.5 Å². The minimum atomic E-state index is -4.19. The Morgan fingerprint density at radius 2 is 1.47 bits per heavy atom. The minimum absolute atomic E-state index is 0.0313. The fraction of sp³-hybridized carbons (Fsp3) is 0.557. The number of carbonyl (C=O) groups is 8. The molecule has 3 aromatic rings. The largest absolute Gasteiger partial charge is 0.487 e. The van der Waals surface area contributed by atoms with Gasteiger partial charge in [0.05, 0.1) is 17.5 Å². The summed E-state index contributed by atoms with van der Waals surface area (Å²) in [6.45, 7) is 14.9. The van der Waals surface area contributed by atoms with E-state index in [0.29, 0.717) is 86.2 Å². The van der Waals surface area contributed by atoms with Crippen LogP contribution in [0.3, 0.4) is 0 Å². The second kappa shape index (κ2) is 32.7. The first-order valence-corrected chi connectivity index (χ1v) is 31.3. The number of likely N-dealkylation sites (tertiary alicyclic amines) is 1. The second-order valence-corrected chi connectivity index (χ2v) is 25.0. The maximum absolute atomic E-state index is 14.5. The molecule has 0 spiro atoms. The summed E-state index contributed by atoms with van der Waals surface area (Å²) in [6, 6.07) is 10.6. The zero-order valence-electron chi connectivity index (χ0n) is 51.1. The Balaban J connectivity index is 1.29. The number of nitrogens with two attached hydrogens (primary N) is 3. The molecule has 14 N–H and O–H groups in total. The van der Waals surface area contributed by atoms with E-state index in [-0.39, 0.29) is 73.7 Å². The van der Waals surface area contributed by atoms with Crippen LogP contribution >= 0.6 is 0 Å². The molecule has 3 aromatic carbocycles. The number of ether oxygens (including phenoxy) is 1. The number of nitrogens with one attached hydrogen (secondary N) is 8. The summed E-state index contributed by atoms with van der Waals surface area (Å²) in [6.07, 6.45) is 6.27. The van der Waals surface area contributed by atoms with Crippen LogP contribution in [0.1, 0.15) is 145 Å². The molecule has 0 bridgehead atoms. The van der Waals surface area contributed by atoms with E-state index < -0.39 is 87.8 Å². The van der Waals surface area contributed by atoms with Gasteiger partial charge in [0, 0.05) is 32.1 Å². The van der Waals surface area contributed by atoms with Crippen LogP contribution in [0.5, 0.6) is 5.75 Å². The third-order valence-corrected chi connectivity index (χ3v) is 17.0. The van der Waals surface area contributed by atoms with Gasteiger partial charge in [0.25, 0.3) is 15.9 Å². The molecule has 0 saturated carbocycles. The molecule has 5 atom stereocenters. The number of amides is 8. The summed E-state index contributed by atoms with van der Waals surface area (Å²) in [4.78, 5) is 112. The van der Waals surface area contributed by atoms with Crippen molar-refractivity contribution in [2.75, 3.05) is 31.5 Å². The van der Waals surface area contributed by atoms with Crippen LogP contribution in [-0.2, 0) is 67.6 Å². The number of hydrogen-bond acceptors (Lipinski definition) is 14. The third-order valence-electron chi connectivity index (χ3n) is 15.4. The van der Waals surface area contributed by atoms with Crippen molar-refractivity contribution in [3.8, 4) is 5.75 Å². The topological polar surface area (TPSA) is 370 Å². The normalized spacial score (nSPS) is 16.1. The Labute approximate surface area is 505 Å². The van der Waals surface area contributed by atoms with Crippen LogP contribution in [-0.4, -0.2) is 129 Å². The lowest BCUT2D eigenvalue weighted by Crippen LogP contribution is -2.56. The summed E-state index contributed by atoms with van der Waals surface area (Å²) in [7, 11) is -4.19. The number of aryl methyl sites for hydroxylation is 1. The number of benzene rings is 3. The number of nitrogens with zero attached hydrogens (tertiary/aromatic N) is 2. The van der Waals surface area contributed by atoms with Crippen molar-refractivity contribution in [3.63, 3.8) is 0 Å². The number of guanidine groups is 1. The third kappa shape index (κ3) is 21.1. The van der Waals surface area contributed by atoms with E-state index in [1.54, 1.807) is 38.1 Å². The summed E-state index contributed by atoms with van der Waals surface area (Å²) in [5.74, 6) is -3.98. The van der Waals surface area contributed by atoms with Gasteiger partial charge in [0.1, 0.15) is 35.5 Å². The van der Waals surface area contributed by atoms with Crippen LogP contribution in [0.15, 0.2) is 64.5 Å². The highest BCUT2D eigenvalue weighted by molar-refractivity contribution is 7.90. The van der Waals surface area contributed by atoms with Crippen molar-refractivity contribution in [2.24, 2.45) is 28.1 Å².